The van der Waals surface area contributed by atoms with Crippen LogP contribution in [0.15, 0.2) is 41.1 Å². The number of nitrogens with one attached hydrogen (secondary N) is 1. The van der Waals surface area contributed by atoms with Crippen molar-refractivity contribution >= 4 is 0 Å². The van der Waals surface area contributed by atoms with Crippen molar-refractivity contribution in [2.45, 2.75) is 32.2 Å². The molecule has 0 amide bonds. The Morgan fingerprint density at radius 2 is 2.12 bits per heavy atom. The van der Waals surface area contributed by atoms with Gasteiger partial charge in [-0.3, -0.25) is 4.68 Å². The lowest BCUT2D eigenvalue weighted by molar-refractivity contribution is 0.346. The van der Waals surface area contributed by atoms with Crippen molar-refractivity contribution in [1.82, 2.24) is 25.2 Å². The van der Waals surface area contributed by atoms with Crippen LogP contribution in [0.5, 0.6) is 0 Å². The van der Waals surface area contributed by atoms with Gasteiger partial charge in [0.1, 0.15) is 0 Å². The van der Waals surface area contributed by atoms with Gasteiger partial charge in [-0.2, -0.15) is 10.1 Å². The molecule has 6 nitrogen and oxygen atoms in total. The lowest BCUT2D eigenvalue weighted by Crippen LogP contribution is -2.31. The molecule has 2 aromatic heterocycles. The predicted octanol–water partition coefficient (Wildman–Crippen LogP) is 3.09. The molecule has 0 saturated carbocycles. The van der Waals surface area contributed by atoms with E-state index in [-0.39, 0.29) is 0 Å². The molecule has 124 valence electrons. The second-order valence-corrected chi connectivity index (χ2v) is 6.15. The summed E-state index contributed by atoms with van der Waals surface area (Å²) in [6.07, 6.45) is 5.34. The number of benzene rings is 1. The number of piperidine rings is 1. The third-order valence-corrected chi connectivity index (χ3v) is 4.52. The van der Waals surface area contributed by atoms with Gasteiger partial charge in [-0.25, -0.2) is 0 Å². The van der Waals surface area contributed by atoms with Crippen molar-refractivity contribution in [3.63, 3.8) is 0 Å². The van der Waals surface area contributed by atoms with E-state index in [2.05, 4.69) is 39.6 Å². The fourth-order valence-corrected chi connectivity index (χ4v) is 3.05. The molecule has 1 atom stereocenters. The van der Waals surface area contributed by atoms with E-state index in [4.69, 9.17) is 4.52 Å². The molecule has 0 aliphatic carbocycles. The van der Waals surface area contributed by atoms with Crippen molar-refractivity contribution in [3.05, 3.63) is 42.1 Å². The molecule has 0 spiro atoms. The molecule has 0 radical (unpaired) electrons. The lowest BCUT2D eigenvalue weighted by Gasteiger charge is -2.22. The monoisotopic (exact) mass is 323 g/mol. The van der Waals surface area contributed by atoms with Gasteiger partial charge >= 0.3 is 0 Å². The van der Waals surface area contributed by atoms with Gasteiger partial charge < -0.3 is 9.84 Å². The van der Waals surface area contributed by atoms with Crippen LogP contribution in [0.25, 0.3) is 23.0 Å². The zero-order chi connectivity index (χ0) is 16.4. The van der Waals surface area contributed by atoms with E-state index in [1.54, 1.807) is 0 Å². The largest absolute Gasteiger partial charge is 0.332 e. The summed E-state index contributed by atoms with van der Waals surface area (Å²) in [5, 5.41) is 12.1. The highest BCUT2D eigenvalue weighted by Gasteiger charge is 2.18. The van der Waals surface area contributed by atoms with Crippen LogP contribution >= 0.6 is 0 Å². The van der Waals surface area contributed by atoms with Crippen LogP contribution in [0.2, 0.25) is 0 Å². The van der Waals surface area contributed by atoms with Gasteiger partial charge in [0, 0.05) is 18.3 Å². The van der Waals surface area contributed by atoms with Gasteiger partial charge in [0.05, 0.1) is 6.04 Å². The van der Waals surface area contributed by atoms with Crippen LogP contribution in [-0.2, 0) is 6.42 Å². The Balaban J connectivity index is 1.54. The van der Waals surface area contributed by atoms with Crippen LogP contribution in [-0.4, -0.2) is 33.0 Å². The standard InChI is InChI=1S/C18H21N5O/c1-2-13-5-7-14(8-6-13)17-20-18(24-22-17)16-9-11-23(21-16)15-4-3-10-19-12-15/h5-9,11,15,19H,2-4,10,12H2,1H3. The Morgan fingerprint density at radius 1 is 1.25 bits per heavy atom. The van der Waals surface area contributed by atoms with E-state index in [9.17, 15) is 0 Å². The SMILES string of the molecule is CCc1ccc(-c2noc(-c3ccn(C4CCCNC4)n3)n2)cc1. The summed E-state index contributed by atoms with van der Waals surface area (Å²) in [4.78, 5) is 4.50. The van der Waals surface area contributed by atoms with Gasteiger partial charge in [0.2, 0.25) is 5.82 Å². The maximum atomic E-state index is 5.41. The molecule has 1 aliphatic rings. The number of hydrogen-bond acceptors (Lipinski definition) is 5. The molecule has 1 unspecified atom stereocenters. The molecular weight excluding hydrogens is 302 g/mol. The maximum Gasteiger partial charge on any atom is 0.278 e. The molecule has 0 bridgehead atoms. The summed E-state index contributed by atoms with van der Waals surface area (Å²) in [6.45, 7) is 4.19. The third kappa shape index (κ3) is 2.97. The number of rotatable bonds is 4. The summed E-state index contributed by atoms with van der Waals surface area (Å²) >= 11 is 0. The second-order valence-electron chi connectivity index (χ2n) is 6.15. The van der Waals surface area contributed by atoms with E-state index in [1.807, 2.05) is 29.1 Å². The second kappa shape index (κ2) is 6.57. The minimum Gasteiger partial charge on any atom is -0.332 e. The van der Waals surface area contributed by atoms with Crippen molar-refractivity contribution in [2.75, 3.05) is 13.1 Å². The average Bonchev–Trinajstić information content (AvgIpc) is 3.32. The molecule has 1 fully saturated rings. The van der Waals surface area contributed by atoms with Crippen molar-refractivity contribution < 1.29 is 4.52 Å². The Hall–Kier alpha value is -2.47. The fourth-order valence-electron chi connectivity index (χ4n) is 3.05. The summed E-state index contributed by atoms with van der Waals surface area (Å²) in [7, 11) is 0. The highest BCUT2D eigenvalue weighted by atomic mass is 16.5. The van der Waals surface area contributed by atoms with Gasteiger partial charge in [0.15, 0.2) is 5.69 Å². The molecule has 3 heterocycles. The minimum atomic E-state index is 0.400. The highest BCUT2D eigenvalue weighted by molar-refractivity contribution is 5.58. The van der Waals surface area contributed by atoms with E-state index in [0.717, 1.165) is 37.2 Å². The Bertz CT molecular complexity index is 799. The Labute approximate surface area is 140 Å². The smallest absolute Gasteiger partial charge is 0.278 e. The van der Waals surface area contributed by atoms with Gasteiger partial charge in [-0.1, -0.05) is 36.3 Å². The molecule has 1 aromatic carbocycles. The first-order valence-electron chi connectivity index (χ1n) is 8.53. The van der Waals surface area contributed by atoms with Crippen molar-refractivity contribution in [2.24, 2.45) is 0 Å². The van der Waals surface area contributed by atoms with Crippen LogP contribution in [0.1, 0.15) is 31.4 Å². The first kappa shape index (κ1) is 15.1. The van der Waals surface area contributed by atoms with E-state index >= 15 is 0 Å². The normalized spacial score (nSPS) is 18.0. The molecule has 1 saturated heterocycles. The summed E-state index contributed by atoms with van der Waals surface area (Å²) in [5.41, 5.74) is 2.98. The molecule has 1 aliphatic heterocycles. The number of nitrogens with zero attached hydrogens (tertiary/aromatic N) is 4. The lowest BCUT2D eigenvalue weighted by atomic mass is 10.1. The van der Waals surface area contributed by atoms with Gasteiger partial charge in [0.25, 0.3) is 5.89 Å². The molecule has 4 rings (SSSR count). The zero-order valence-electron chi connectivity index (χ0n) is 13.8. The quantitative estimate of drug-likeness (QED) is 0.799. The van der Waals surface area contributed by atoms with Gasteiger partial charge in [-0.05, 0) is 37.4 Å². The Kier molecular flexibility index (Phi) is 4.13. The van der Waals surface area contributed by atoms with E-state index in [0.29, 0.717) is 17.8 Å². The van der Waals surface area contributed by atoms with Crippen LogP contribution in [0.4, 0.5) is 0 Å². The van der Waals surface area contributed by atoms with E-state index in [1.165, 1.54) is 12.0 Å². The molecule has 1 N–H and O–H groups in total. The first-order chi connectivity index (χ1) is 11.8. The summed E-state index contributed by atoms with van der Waals surface area (Å²) in [5.74, 6) is 1.06. The highest BCUT2D eigenvalue weighted by Crippen LogP contribution is 2.23. The topological polar surface area (TPSA) is 68.8 Å². The van der Waals surface area contributed by atoms with E-state index < -0.39 is 0 Å². The maximum absolute atomic E-state index is 5.41. The number of aromatic nitrogens is 4. The predicted molar refractivity (Wildman–Crippen MR) is 91.5 cm³/mol. The summed E-state index contributed by atoms with van der Waals surface area (Å²) in [6, 6.07) is 10.6. The zero-order valence-corrected chi connectivity index (χ0v) is 13.8. The third-order valence-electron chi connectivity index (χ3n) is 4.52. The molecule has 3 aromatic rings. The first-order valence-corrected chi connectivity index (χ1v) is 8.53. The van der Waals surface area contributed by atoms with Crippen LogP contribution in [0.3, 0.4) is 0 Å². The molecule has 6 heteroatoms. The number of aryl methyl sites for hydroxylation is 1. The minimum absolute atomic E-state index is 0.400. The molecule has 24 heavy (non-hydrogen) atoms. The fraction of sp³-hybridized carbons (Fsp3) is 0.389. The molecular formula is C18H21N5O. The average molecular weight is 323 g/mol. The van der Waals surface area contributed by atoms with Crippen LogP contribution < -0.4 is 5.32 Å². The summed E-state index contributed by atoms with van der Waals surface area (Å²) < 4.78 is 7.41. The van der Waals surface area contributed by atoms with Gasteiger partial charge in [-0.15, -0.1) is 0 Å². The van der Waals surface area contributed by atoms with Crippen molar-refractivity contribution in [1.29, 1.82) is 0 Å². The Morgan fingerprint density at radius 3 is 2.88 bits per heavy atom. The number of hydrogen-bond donors (Lipinski definition) is 1. The van der Waals surface area contributed by atoms with Crippen molar-refractivity contribution in [3.8, 4) is 23.0 Å². The van der Waals surface area contributed by atoms with Crippen LogP contribution in [0, 0.1) is 0 Å².